The van der Waals surface area contributed by atoms with Gasteiger partial charge in [-0.3, -0.25) is 4.55 Å². The van der Waals surface area contributed by atoms with Gasteiger partial charge in [-0.05, 0) is 24.8 Å². The molecule has 1 N–H and O–H groups in total. The lowest BCUT2D eigenvalue weighted by atomic mass is 10.0. The lowest BCUT2D eigenvalue weighted by molar-refractivity contribution is 0.261. The molecule has 0 unspecified atom stereocenters. The Morgan fingerprint density at radius 1 is 0.773 bits per heavy atom. The highest BCUT2D eigenvalue weighted by atomic mass is 32.3. The molecule has 0 saturated heterocycles. The zero-order valence-electron chi connectivity index (χ0n) is 13.2. The van der Waals surface area contributed by atoms with Crippen molar-refractivity contribution in [2.24, 2.45) is 0 Å². The third-order valence-corrected chi connectivity index (χ3v) is 4.15. The highest BCUT2D eigenvalue weighted by molar-refractivity contribution is 7.80. The second-order valence-electron chi connectivity index (χ2n) is 5.67. The van der Waals surface area contributed by atoms with Crippen molar-refractivity contribution in [1.82, 2.24) is 0 Å². The Morgan fingerprint density at radius 2 is 1.27 bits per heavy atom. The molecular weight excluding hydrogens is 300 g/mol. The Hall–Kier alpha value is -0.910. The van der Waals surface area contributed by atoms with E-state index in [-0.39, 0.29) is 6.61 Å². The summed E-state index contributed by atoms with van der Waals surface area (Å²) >= 11 is 0. The maximum atomic E-state index is 10.3. The molecule has 0 atom stereocenters. The number of hydrogen-bond acceptors (Lipinski definition) is 3. The first-order valence-electron chi connectivity index (χ1n) is 8.24. The highest BCUT2D eigenvalue weighted by Gasteiger charge is 2.02. The van der Waals surface area contributed by atoms with E-state index < -0.39 is 10.4 Å². The predicted octanol–water partition coefficient (Wildman–Crippen LogP) is 4.56. The van der Waals surface area contributed by atoms with E-state index >= 15 is 0 Å². The van der Waals surface area contributed by atoms with Crippen LogP contribution < -0.4 is 0 Å². The molecule has 0 amide bonds. The average Bonchev–Trinajstić information content (AvgIpc) is 2.48. The van der Waals surface area contributed by atoms with E-state index in [1.54, 1.807) is 0 Å². The first-order valence-corrected chi connectivity index (χ1v) is 9.60. The molecule has 0 fully saturated rings. The van der Waals surface area contributed by atoms with Gasteiger partial charge in [-0.2, -0.15) is 8.42 Å². The van der Waals surface area contributed by atoms with Gasteiger partial charge < -0.3 is 0 Å². The van der Waals surface area contributed by atoms with Crippen LogP contribution in [0.3, 0.4) is 0 Å². The minimum Gasteiger partial charge on any atom is -0.264 e. The number of hydrogen-bond donors (Lipinski definition) is 1. The summed E-state index contributed by atoms with van der Waals surface area (Å²) in [6.07, 6.45) is 11.4. The maximum absolute atomic E-state index is 10.3. The molecule has 0 aliphatic carbocycles. The van der Waals surface area contributed by atoms with E-state index in [1.807, 2.05) is 0 Å². The number of rotatable bonds is 13. The number of aryl methyl sites for hydroxylation is 1. The van der Waals surface area contributed by atoms with Gasteiger partial charge in [0.25, 0.3) is 0 Å². The average molecular weight is 328 g/mol. The standard InChI is InChI=1S/C17H28O4S/c18-22(19,20)21-16-12-7-5-3-1-2-4-6-9-13-17-14-10-8-11-15-17/h8,10-11,14-15H,1-7,9,12-13,16H2,(H,18,19,20). The first kappa shape index (κ1) is 19.1. The molecule has 1 rings (SSSR count). The minimum atomic E-state index is -4.25. The van der Waals surface area contributed by atoms with Gasteiger partial charge >= 0.3 is 10.4 Å². The Balaban J connectivity index is 1.80. The van der Waals surface area contributed by atoms with Crippen molar-refractivity contribution in [2.45, 2.75) is 64.2 Å². The van der Waals surface area contributed by atoms with Gasteiger partial charge in [0.1, 0.15) is 0 Å². The summed E-state index contributed by atoms with van der Waals surface area (Å²) in [7, 11) is -4.25. The molecule has 126 valence electrons. The summed E-state index contributed by atoms with van der Waals surface area (Å²) in [6.45, 7) is 0.0817. The molecule has 0 aromatic heterocycles. The summed E-state index contributed by atoms with van der Waals surface area (Å²) < 4.78 is 33.3. The molecule has 0 spiro atoms. The fourth-order valence-corrected chi connectivity index (χ4v) is 2.81. The first-order chi connectivity index (χ1) is 10.6. The third kappa shape index (κ3) is 11.7. The molecule has 0 saturated carbocycles. The van der Waals surface area contributed by atoms with E-state index in [0.717, 1.165) is 12.8 Å². The Morgan fingerprint density at radius 3 is 1.82 bits per heavy atom. The molecule has 5 heteroatoms. The molecule has 0 bridgehead atoms. The number of unbranched alkanes of at least 4 members (excludes halogenated alkanes) is 8. The molecular formula is C17H28O4S. The largest absolute Gasteiger partial charge is 0.397 e. The third-order valence-electron chi connectivity index (χ3n) is 3.68. The summed E-state index contributed by atoms with van der Waals surface area (Å²) in [5.41, 5.74) is 1.43. The van der Waals surface area contributed by atoms with E-state index in [4.69, 9.17) is 4.55 Å². The maximum Gasteiger partial charge on any atom is 0.397 e. The van der Waals surface area contributed by atoms with Crippen LogP contribution in [0.15, 0.2) is 30.3 Å². The van der Waals surface area contributed by atoms with Crippen molar-refractivity contribution < 1.29 is 17.2 Å². The number of benzene rings is 1. The highest BCUT2D eigenvalue weighted by Crippen LogP contribution is 2.12. The normalized spacial score (nSPS) is 11.7. The molecule has 0 aliphatic heterocycles. The van der Waals surface area contributed by atoms with Crippen LogP contribution in [0, 0.1) is 0 Å². The zero-order chi connectivity index (χ0) is 16.1. The van der Waals surface area contributed by atoms with Crippen molar-refractivity contribution in [3.63, 3.8) is 0 Å². The molecule has 0 aliphatic rings. The Kier molecular flexibility index (Phi) is 10.1. The second kappa shape index (κ2) is 11.6. The fraction of sp³-hybridized carbons (Fsp3) is 0.647. The zero-order valence-corrected chi connectivity index (χ0v) is 14.1. The second-order valence-corrected chi connectivity index (χ2v) is 6.76. The van der Waals surface area contributed by atoms with E-state index in [9.17, 15) is 8.42 Å². The van der Waals surface area contributed by atoms with Crippen LogP contribution in [0.4, 0.5) is 0 Å². The summed E-state index contributed by atoms with van der Waals surface area (Å²) in [4.78, 5) is 0. The van der Waals surface area contributed by atoms with Gasteiger partial charge in [0, 0.05) is 0 Å². The van der Waals surface area contributed by atoms with Gasteiger partial charge in [-0.1, -0.05) is 75.3 Å². The Bertz CT molecular complexity index is 471. The lowest BCUT2D eigenvalue weighted by Crippen LogP contribution is -2.04. The summed E-state index contributed by atoms with van der Waals surface area (Å²) in [6, 6.07) is 10.6. The topological polar surface area (TPSA) is 63.6 Å². The van der Waals surface area contributed by atoms with Crippen LogP contribution in [0.1, 0.15) is 63.4 Å². The summed E-state index contributed by atoms with van der Waals surface area (Å²) in [5, 5.41) is 0. The van der Waals surface area contributed by atoms with Crippen molar-refractivity contribution >= 4 is 10.4 Å². The fourth-order valence-electron chi connectivity index (χ4n) is 2.48. The molecule has 1 aromatic carbocycles. The van der Waals surface area contributed by atoms with Crippen LogP contribution >= 0.6 is 0 Å². The van der Waals surface area contributed by atoms with Crippen LogP contribution in [0.2, 0.25) is 0 Å². The lowest BCUT2D eigenvalue weighted by Gasteiger charge is -2.03. The van der Waals surface area contributed by atoms with Gasteiger partial charge in [0.2, 0.25) is 0 Å². The summed E-state index contributed by atoms with van der Waals surface area (Å²) in [5.74, 6) is 0. The van der Waals surface area contributed by atoms with Gasteiger partial charge in [-0.25, -0.2) is 4.18 Å². The molecule has 1 aromatic rings. The quantitative estimate of drug-likeness (QED) is 0.426. The van der Waals surface area contributed by atoms with Crippen LogP contribution in [-0.4, -0.2) is 19.6 Å². The van der Waals surface area contributed by atoms with Crippen molar-refractivity contribution in [3.05, 3.63) is 35.9 Å². The SMILES string of the molecule is O=S(=O)(O)OCCCCCCCCCCCc1ccccc1. The van der Waals surface area contributed by atoms with E-state index in [2.05, 4.69) is 34.5 Å². The van der Waals surface area contributed by atoms with Crippen LogP contribution in [-0.2, 0) is 21.0 Å². The van der Waals surface area contributed by atoms with E-state index in [0.29, 0.717) is 6.42 Å². The van der Waals surface area contributed by atoms with Crippen molar-refractivity contribution in [3.8, 4) is 0 Å². The van der Waals surface area contributed by atoms with Crippen molar-refractivity contribution in [2.75, 3.05) is 6.61 Å². The van der Waals surface area contributed by atoms with E-state index in [1.165, 1.54) is 50.5 Å². The minimum absolute atomic E-state index is 0.0817. The Labute approximate surface area is 134 Å². The van der Waals surface area contributed by atoms with Crippen molar-refractivity contribution in [1.29, 1.82) is 0 Å². The van der Waals surface area contributed by atoms with Gasteiger partial charge in [0.15, 0.2) is 0 Å². The monoisotopic (exact) mass is 328 g/mol. The van der Waals surface area contributed by atoms with Gasteiger partial charge in [0.05, 0.1) is 6.61 Å². The van der Waals surface area contributed by atoms with Crippen LogP contribution in [0.5, 0.6) is 0 Å². The van der Waals surface area contributed by atoms with Crippen LogP contribution in [0.25, 0.3) is 0 Å². The smallest absolute Gasteiger partial charge is 0.264 e. The predicted molar refractivity (Wildman–Crippen MR) is 89.2 cm³/mol. The van der Waals surface area contributed by atoms with Gasteiger partial charge in [-0.15, -0.1) is 0 Å². The molecule has 0 radical (unpaired) electrons. The molecule has 4 nitrogen and oxygen atoms in total. The molecule has 22 heavy (non-hydrogen) atoms. The molecule has 0 heterocycles.